The number of aromatic hydroxyl groups is 1. The minimum atomic E-state index is -4.97. The predicted octanol–water partition coefficient (Wildman–Crippen LogP) is 4.96. The topological polar surface area (TPSA) is 74.2 Å². The number of carbonyl (C=O) groups excluding carboxylic acids is 1. The van der Waals surface area contributed by atoms with Crippen molar-refractivity contribution in [2.75, 3.05) is 0 Å². The van der Waals surface area contributed by atoms with Crippen LogP contribution in [0.1, 0.15) is 39.7 Å². The highest BCUT2D eigenvalue weighted by Crippen LogP contribution is 2.39. The first-order valence-corrected chi connectivity index (χ1v) is 7.77. The second kappa shape index (κ2) is 6.43. The Morgan fingerprint density at radius 3 is 2.56 bits per heavy atom. The van der Waals surface area contributed by atoms with Crippen LogP contribution in [0, 0.1) is 17.1 Å². The van der Waals surface area contributed by atoms with Crippen molar-refractivity contribution in [2.45, 2.75) is 19.5 Å². The van der Waals surface area contributed by atoms with Gasteiger partial charge in [0.25, 0.3) is 0 Å². The van der Waals surface area contributed by atoms with Crippen molar-refractivity contribution < 1.29 is 31.9 Å². The first-order valence-electron chi connectivity index (χ1n) is 7.77. The molecule has 0 unspecified atom stereocenters. The number of ketones is 1. The van der Waals surface area contributed by atoms with Crippen molar-refractivity contribution in [3.8, 4) is 11.8 Å². The summed E-state index contributed by atoms with van der Waals surface area (Å²) in [4.78, 5) is 12.9. The summed E-state index contributed by atoms with van der Waals surface area (Å²) >= 11 is 0. The monoisotopic (exact) mass is 377 g/mol. The van der Waals surface area contributed by atoms with Crippen LogP contribution in [0.3, 0.4) is 0 Å². The van der Waals surface area contributed by atoms with Crippen LogP contribution in [0.5, 0.6) is 5.75 Å². The standard InChI is InChI=1S/C19H11F4NO3/c1-2-14-16(12-7-11(20)3-4-15(12)27-14)18(26)9-5-10(8-24)17(25)13(6-9)19(21,22)23/h3-7,25H,2H2,1H3. The Morgan fingerprint density at radius 2 is 1.96 bits per heavy atom. The summed E-state index contributed by atoms with van der Waals surface area (Å²) in [5.74, 6) is -2.57. The number of phenolic OH excluding ortho intramolecular Hbond substituents is 1. The molecule has 0 amide bonds. The number of fused-ring (bicyclic) bond motifs is 1. The van der Waals surface area contributed by atoms with Gasteiger partial charge >= 0.3 is 6.18 Å². The van der Waals surface area contributed by atoms with Gasteiger partial charge in [-0.25, -0.2) is 4.39 Å². The van der Waals surface area contributed by atoms with Crippen molar-refractivity contribution in [1.29, 1.82) is 5.26 Å². The van der Waals surface area contributed by atoms with Crippen LogP contribution in [-0.2, 0) is 12.6 Å². The Hall–Kier alpha value is -3.34. The molecule has 138 valence electrons. The van der Waals surface area contributed by atoms with E-state index in [-0.39, 0.29) is 28.7 Å². The third-order valence-electron chi connectivity index (χ3n) is 4.07. The van der Waals surface area contributed by atoms with E-state index in [0.717, 1.165) is 18.2 Å². The van der Waals surface area contributed by atoms with Gasteiger partial charge in [0.1, 0.15) is 29.0 Å². The molecule has 1 aromatic heterocycles. The third kappa shape index (κ3) is 3.12. The molecule has 0 bridgehead atoms. The molecule has 0 saturated carbocycles. The van der Waals surface area contributed by atoms with Crippen LogP contribution >= 0.6 is 0 Å². The highest BCUT2D eigenvalue weighted by Gasteiger charge is 2.36. The number of halogens is 4. The van der Waals surface area contributed by atoms with Gasteiger partial charge in [0, 0.05) is 17.4 Å². The summed E-state index contributed by atoms with van der Waals surface area (Å²) in [5.41, 5.74) is -2.51. The number of benzene rings is 2. The molecule has 3 rings (SSSR count). The lowest BCUT2D eigenvalue weighted by atomic mass is 9.95. The van der Waals surface area contributed by atoms with E-state index in [1.165, 1.54) is 12.1 Å². The highest BCUT2D eigenvalue weighted by atomic mass is 19.4. The average molecular weight is 377 g/mol. The Labute approximate surface area is 150 Å². The zero-order valence-corrected chi connectivity index (χ0v) is 13.8. The van der Waals surface area contributed by atoms with Gasteiger partial charge in [0.15, 0.2) is 5.78 Å². The van der Waals surface area contributed by atoms with Crippen molar-refractivity contribution in [3.05, 3.63) is 64.2 Å². The zero-order chi connectivity index (χ0) is 19.9. The quantitative estimate of drug-likeness (QED) is 0.517. The molecule has 4 nitrogen and oxygen atoms in total. The second-order valence-corrected chi connectivity index (χ2v) is 5.75. The number of rotatable bonds is 3. The second-order valence-electron chi connectivity index (χ2n) is 5.75. The SMILES string of the molecule is CCc1oc2ccc(F)cc2c1C(=O)c1cc(C#N)c(O)c(C(F)(F)F)c1. The van der Waals surface area contributed by atoms with E-state index >= 15 is 0 Å². The van der Waals surface area contributed by atoms with Gasteiger partial charge in [0.2, 0.25) is 0 Å². The fourth-order valence-electron chi connectivity index (χ4n) is 2.83. The minimum absolute atomic E-state index is 0.0743. The Morgan fingerprint density at radius 1 is 1.26 bits per heavy atom. The van der Waals surface area contributed by atoms with E-state index in [1.807, 2.05) is 0 Å². The molecule has 2 aromatic carbocycles. The van der Waals surface area contributed by atoms with Crippen molar-refractivity contribution in [3.63, 3.8) is 0 Å². The maximum absolute atomic E-state index is 13.6. The van der Waals surface area contributed by atoms with Gasteiger partial charge < -0.3 is 9.52 Å². The van der Waals surface area contributed by atoms with Gasteiger partial charge in [0.05, 0.1) is 16.7 Å². The van der Waals surface area contributed by atoms with Crippen molar-refractivity contribution in [1.82, 2.24) is 0 Å². The molecule has 0 saturated heterocycles. The van der Waals surface area contributed by atoms with Crippen molar-refractivity contribution >= 4 is 16.8 Å². The van der Waals surface area contributed by atoms with E-state index in [1.54, 1.807) is 6.92 Å². The van der Waals surface area contributed by atoms with Crippen LogP contribution in [-0.4, -0.2) is 10.9 Å². The number of phenols is 1. The van der Waals surface area contributed by atoms with E-state index in [9.17, 15) is 27.5 Å². The highest BCUT2D eigenvalue weighted by molar-refractivity contribution is 6.17. The number of hydrogen-bond donors (Lipinski definition) is 1. The molecule has 0 atom stereocenters. The van der Waals surface area contributed by atoms with Gasteiger partial charge in [-0.05, 0) is 30.3 Å². The number of furan rings is 1. The normalized spacial score (nSPS) is 11.6. The van der Waals surface area contributed by atoms with Gasteiger partial charge in [-0.3, -0.25) is 4.79 Å². The number of aryl methyl sites for hydroxylation is 1. The van der Waals surface area contributed by atoms with Crippen LogP contribution in [0.4, 0.5) is 17.6 Å². The third-order valence-corrected chi connectivity index (χ3v) is 4.07. The Kier molecular flexibility index (Phi) is 4.39. The number of nitrogens with zero attached hydrogens (tertiary/aromatic N) is 1. The smallest absolute Gasteiger partial charge is 0.420 e. The molecule has 0 aliphatic carbocycles. The molecule has 1 N–H and O–H groups in total. The largest absolute Gasteiger partial charge is 0.506 e. The summed E-state index contributed by atoms with van der Waals surface area (Å²) in [6.45, 7) is 1.67. The fourth-order valence-corrected chi connectivity index (χ4v) is 2.83. The molecule has 0 spiro atoms. The van der Waals surface area contributed by atoms with E-state index in [2.05, 4.69) is 0 Å². The molecular formula is C19H11F4NO3. The van der Waals surface area contributed by atoms with Gasteiger partial charge in [-0.2, -0.15) is 18.4 Å². The number of nitriles is 1. The number of carbonyl (C=O) groups is 1. The predicted molar refractivity (Wildman–Crippen MR) is 86.8 cm³/mol. The van der Waals surface area contributed by atoms with Crippen molar-refractivity contribution in [2.24, 2.45) is 0 Å². The van der Waals surface area contributed by atoms with Crippen LogP contribution in [0.2, 0.25) is 0 Å². The van der Waals surface area contributed by atoms with Crippen LogP contribution < -0.4 is 0 Å². The first kappa shape index (κ1) is 18.5. The molecular weight excluding hydrogens is 366 g/mol. The summed E-state index contributed by atoms with van der Waals surface area (Å²) in [6, 6.07) is 6.28. The molecule has 0 aliphatic heterocycles. The Bertz CT molecular complexity index is 1110. The molecule has 27 heavy (non-hydrogen) atoms. The molecule has 1 heterocycles. The lowest BCUT2D eigenvalue weighted by Gasteiger charge is -2.12. The zero-order valence-electron chi connectivity index (χ0n) is 13.8. The summed E-state index contributed by atoms with van der Waals surface area (Å²) in [6.07, 6.45) is -4.73. The molecule has 0 aliphatic rings. The van der Waals surface area contributed by atoms with E-state index in [0.29, 0.717) is 6.07 Å². The maximum Gasteiger partial charge on any atom is 0.420 e. The summed E-state index contributed by atoms with van der Waals surface area (Å²) in [5, 5.41) is 18.8. The van der Waals surface area contributed by atoms with E-state index < -0.39 is 40.2 Å². The minimum Gasteiger partial charge on any atom is -0.506 e. The summed E-state index contributed by atoms with van der Waals surface area (Å²) < 4.78 is 58.6. The average Bonchev–Trinajstić information content (AvgIpc) is 2.97. The fraction of sp³-hybridized carbons (Fsp3) is 0.158. The van der Waals surface area contributed by atoms with Crippen LogP contribution in [0.25, 0.3) is 11.0 Å². The molecule has 3 aromatic rings. The Balaban J connectivity index is 2.27. The van der Waals surface area contributed by atoms with Gasteiger partial charge in [-0.1, -0.05) is 6.92 Å². The first-order chi connectivity index (χ1) is 12.7. The maximum atomic E-state index is 13.6. The molecule has 0 fully saturated rings. The summed E-state index contributed by atoms with van der Waals surface area (Å²) in [7, 11) is 0. The van der Waals surface area contributed by atoms with Crippen LogP contribution in [0.15, 0.2) is 34.7 Å². The molecule has 0 radical (unpaired) electrons. The lowest BCUT2D eigenvalue weighted by Crippen LogP contribution is -2.10. The number of alkyl halides is 3. The molecule has 8 heteroatoms. The number of hydrogen-bond acceptors (Lipinski definition) is 4. The lowest BCUT2D eigenvalue weighted by molar-refractivity contribution is -0.138. The van der Waals surface area contributed by atoms with E-state index in [4.69, 9.17) is 9.68 Å². The van der Waals surface area contributed by atoms with Gasteiger partial charge in [-0.15, -0.1) is 0 Å².